The lowest BCUT2D eigenvalue weighted by atomic mass is 10.1. The summed E-state index contributed by atoms with van der Waals surface area (Å²) in [6.07, 6.45) is 0.756. The van der Waals surface area contributed by atoms with Gasteiger partial charge < -0.3 is 9.47 Å². The van der Waals surface area contributed by atoms with E-state index in [-0.39, 0.29) is 11.9 Å². The molecule has 1 fully saturated rings. The van der Waals surface area contributed by atoms with Crippen molar-refractivity contribution in [3.63, 3.8) is 0 Å². The van der Waals surface area contributed by atoms with Crippen LogP contribution >= 0.6 is 0 Å². The smallest absolute Gasteiger partial charge is 0.316 e. The second kappa shape index (κ2) is 4.78. The molecule has 92 valence electrons. The normalized spacial score (nSPS) is 19.0. The van der Waals surface area contributed by atoms with Crippen molar-refractivity contribution in [1.29, 1.82) is 0 Å². The number of hydrogen-bond donors (Lipinski definition) is 0. The van der Waals surface area contributed by atoms with E-state index in [0.717, 1.165) is 17.2 Å². The SMILES string of the molecule is O=C(Oc1ccc2ccccc2c1)C1CCOC1. The molecule has 18 heavy (non-hydrogen) atoms. The maximum absolute atomic E-state index is 11.8. The molecule has 0 bridgehead atoms. The van der Waals surface area contributed by atoms with E-state index in [9.17, 15) is 4.79 Å². The molecule has 3 nitrogen and oxygen atoms in total. The van der Waals surface area contributed by atoms with Gasteiger partial charge in [-0.25, -0.2) is 0 Å². The maximum Gasteiger partial charge on any atom is 0.316 e. The third kappa shape index (κ3) is 2.22. The monoisotopic (exact) mass is 242 g/mol. The van der Waals surface area contributed by atoms with E-state index >= 15 is 0 Å². The molecule has 0 aromatic heterocycles. The minimum absolute atomic E-state index is 0.114. The Kier molecular flexibility index (Phi) is 2.99. The molecule has 1 aliphatic heterocycles. The summed E-state index contributed by atoms with van der Waals surface area (Å²) in [5.41, 5.74) is 0. The van der Waals surface area contributed by atoms with Crippen molar-refractivity contribution in [1.82, 2.24) is 0 Å². The summed E-state index contributed by atoms with van der Waals surface area (Å²) in [5.74, 6) is 0.296. The molecule has 1 saturated heterocycles. The van der Waals surface area contributed by atoms with Gasteiger partial charge in [0.15, 0.2) is 0 Å². The molecule has 1 heterocycles. The Balaban J connectivity index is 1.79. The van der Waals surface area contributed by atoms with Crippen LogP contribution in [0, 0.1) is 5.92 Å². The predicted molar refractivity (Wildman–Crippen MR) is 68.5 cm³/mol. The number of carbonyl (C=O) groups is 1. The molecule has 0 amide bonds. The first-order chi connectivity index (χ1) is 8.83. The third-order valence-corrected chi connectivity index (χ3v) is 3.20. The number of fused-ring (bicyclic) bond motifs is 1. The Labute approximate surface area is 105 Å². The fourth-order valence-electron chi connectivity index (χ4n) is 2.15. The molecule has 3 rings (SSSR count). The average molecular weight is 242 g/mol. The van der Waals surface area contributed by atoms with Gasteiger partial charge in [0.25, 0.3) is 0 Å². The van der Waals surface area contributed by atoms with Gasteiger partial charge in [-0.2, -0.15) is 0 Å². The lowest BCUT2D eigenvalue weighted by molar-refractivity contribution is -0.138. The Hall–Kier alpha value is -1.87. The van der Waals surface area contributed by atoms with Crippen LogP contribution in [0.1, 0.15) is 6.42 Å². The Morgan fingerprint density at radius 1 is 1.17 bits per heavy atom. The van der Waals surface area contributed by atoms with E-state index in [1.165, 1.54) is 0 Å². The summed E-state index contributed by atoms with van der Waals surface area (Å²) in [6, 6.07) is 13.7. The lowest BCUT2D eigenvalue weighted by Crippen LogP contribution is -2.20. The van der Waals surface area contributed by atoms with Gasteiger partial charge in [0.05, 0.1) is 12.5 Å². The molecule has 1 unspecified atom stereocenters. The van der Waals surface area contributed by atoms with Crippen LogP contribution in [0.4, 0.5) is 0 Å². The zero-order valence-corrected chi connectivity index (χ0v) is 9.96. The highest BCUT2D eigenvalue weighted by atomic mass is 16.5. The zero-order valence-electron chi connectivity index (χ0n) is 9.96. The Morgan fingerprint density at radius 2 is 2.00 bits per heavy atom. The van der Waals surface area contributed by atoms with Gasteiger partial charge >= 0.3 is 5.97 Å². The number of ether oxygens (including phenoxy) is 2. The lowest BCUT2D eigenvalue weighted by Gasteiger charge is -2.08. The van der Waals surface area contributed by atoms with Gasteiger partial charge in [-0.3, -0.25) is 4.79 Å². The largest absolute Gasteiger partial charge is 0.426 e. The van der Waals surface area contributed by atoms with Crippen LogP contribution in [0.25, 0.3) is 10.8 Å². The van der Waals surface area contributed by atoms with Crippen molar-refractivity contribution in [2.75, 3.05) is 13.2 Å². The van der Waals surface area contributed by atoms with Gasteiger partial charge in [-0.05, 0) is 29.3 Å². The molecule has 3 heteroatoms. The quantitative estimate of drug-likeness (QED) is 0.600. The fraction of sp³-hybridized carbons (Fsp3) is 0.267. The van der Waals surface area contributed by atoms with Gasteiger partial charge in [0, 0.05) is 6.61 Å². The molecule has 1 atom stereocenters. The number of benzene rings is 2. The van der Waals surface area contributed by atoms with E-state index in [1.807, 2.05) is 42.5 Å². The highest BCUT2D eigenvalue weighted by Crippen LogP contribution is 2.22. The van der Waals surface area contributed by atoms with Crippen molar-refractivity contribution >= 4 is 16.7 Å². The summed E-state index contributed by atoms with van der Waals surface area (Å²) in [7, 11) is 0. The van der Waals surface area contributed by atoms with Gasteiger partial charge in [0.1, 0.15) is 5.75 Å². The number of hydrogen-bond acceptors (Lipinski definition) is 3. The molecular formula is C15H14O3. The van der Waals surface area contributed by atoms with Crippen LogP contribution in [0.2, 0.25) is 0 Å². The van der Waals surface area contributed by atoms with E-state index in [2.05, 4.69) is 0 Å². The first-order valence-electron chi connectivity index (χ1n) is 6.11. The molecule has 0 N–H and O–H groups in total. The highest BCUT2D eigenvalue weighted by Gasteiger charge is 2.25. The molecule has 2 aromatic carbocycles. The van der Waals surface area contributed by atoms with E-state index in [0.29, 0.717) is 19.0 Å². The minimum atomic E-state index is -0.192. The van der Waals surface area contributed by atoms with Crippen molar-refractivity contribution in [2.24, 2.45) is 5.92 Å². The van der Waals surface area contributed by atoms with E-state index in [4.69, 9.17) is 9.47 Å². The molecular weight excluding hydrogens is 228 g/mol. The van der Waals surface area contributed by atoms with Crippen molar-refractivity contribution < 1.29 is 14.3 Å². The van der Waals surface area contributed by atoms with Crippen LogP contribution in [-0.2, 0) is 9.53 Å². The van der Waals surface area contributed by atoms with Gasteiger partial charge in [-0.1, -0.05) is 30.3 Å². The Morgan fingerprint density at radius 3 is 2.78 bits per heavy atom. The second-order valence-electron chi connectivity index (χ2n) is 4.49. The number of rotatable bonds is 2. The molecule has 0 aliphatic carbocycles. The van der Waals surface area contributed by atoms with Gasteiger partial charge in [-0.15, -0.1) is 0 Å². The second-order valence-corrected chi connectivity index (χ2v) is 4.49. The van der Waals surface area contributed by atoms with Crippen LogP contribution in [0.15, 0.2) is 42.5 Å². The van der Waals surface area contributed by atoms with E-state index in [1.54, 1.807) is 0 Å². The standard InChI is InChI=1S/C15H14O3/c16-15(13-7-8-17-10-13)18-14-6-5-11-3-1-2-4-12(11)9-14/h1-6,9,13H,7-8,10H2. The zero-order chi connectivity index (χ0) is 12.4. The maximum atomic E-state index is 11.8. The number of esters is 1. The van der Waals surface area contributed by atoms with E-state index < -0.39 is 0 Å². The summed E-state index contributed by atoms with van der Waals surface area (Å²) >= 11 is 0. The molecule has 2 aromatic rings. The van der Waals surface area contributed by atoms with Crippen LogP contribution in [0.5, 0.6) is 5.75 Å². The molecule has 0 radical (unpaired) electrons. The molecule has 1 aliphatic rings. The summed E-state index contributed by atoms with van der Waals surface area (Å²) in [6.45, 7) is 1.13. The first-order valence-corrected chi connectivity index (χ1v) is 6.11. The topological polar surface area (TPSA) is 35.5 Å². The van der Waals surface area contributed by atoms with Crippen LogP contribution in [0.3, 0.4) is 0 Å². The van der Waals surface area contributed by atoms with Crippen molar-refractivity contribution in [2.45, 2.75) is 6.42 Å². The molecule has 0 spiro atoms. The first kappa shape index (κ1) is 11.2. The predicted octanol–water partition coefficient (Wildman–Crippen LogP) is 2.78. The molecule has 0 saturated carbocycles. The third-order valence-electron chi connectivity index (χ3n) is 3.20. The van der Waals surface area contributed by atoms with Crippen molar-refractivity contribution in [3.8, 4) is 5.75 Å². The van der Waals surface area contributed by atoms with Gasteiger partial charge in [0.2, 0.25) is 0 Å². The average Bonchev–Trinajstić information content (AvgIpc) is 2.92. The fourth-order valence-corrected chi connectivity index (χ4v) is 2.15. The summed E-state index contributed by atoms with van der Waals surface area (Å²) in [5, 5.41) is 2.21. The number of carbonyl (C=O) groups excluding carboxylic acids is 1. The summed E-state index contributed by atoms with van der Waals surface area (Å²) < 4.78 is 10.6. The van der Waals surface area contributed by atoms with Crippen LogP contribution < -0.4 is 4.74 Å². The van der Waals surface area contributed by atoms with Crippen LogP contribution in [-0.4, -0.2) is 19.2 Å². The highest BCUT2D eigenvalue weighted by molar-refractivity contribution is 5.85. The minimum Gasteiger partial charge on any atom is -0.426 e. The summed E-state index contributed by atoms with van der Waals surface area (Å²) in [4.78, 5) is 11.8. The Bertz CT molecular complexity index is 571. The van der Waals surface area contributed by atoms with Crippen molar-refractivity contribution in [3.05, 3.63) is 42.5 Å².